The fourth-order valence-corrected chi connectivity index (χ4v) is 6.40. The molecular weight excluding hydrogens is 553 g/mol. The van der Waals surface area contributed by atoms with Crippen LogP contribution in [0, 0.1) is 20.8 Å². The third-order valence-electron chi connectivity index (χ3n) is 6.81. The maximum absolute atomic E-state index is 13.5. The van der Waals surface area contributed by atoms with Crippen LogP contribution in [0.1, 0.15) is 52.3 Å². The molecule has 0 unspecified atom stereocenters. The number of halogens is 3. The zero-order chi connectivity index (χ0) is 28.3. The van der Waals surface area contributed by atoms with Crippen molar-refractivity contribution >= 4 is 31.2 Å². The molecule has 0 aliphatic heterocycles. The van der Waals surface area contributed by atoms with Crippen LogP contribution in [0.25, 0.3) is 11.0 Å². The molecule has 0 bridgehead atoms. The number of aromatic nitrogens is 2. The van der Waals surface area contributed by atoms with Gasteiger partial charge in [-0.15, -0.1) is 0 Å². The number of rotatable bonds is 7. The smallest absolute Gasteiger partial charge is 0.376 e. The number of aryl methyl sites for hydroxylation is 3. The molecule has 1 aliphatic carbocycles. The van der Waals surface area contributed by atoms with Crippen molar-refractivity contribution in [2.24, 2.45) is 0 Å². The van der Waals surface area contributed by atoms with E-state index in [0.717, 1.165) is 29.5 Å². The quantitative estimate of drug-likeness (QED) is 0.200. The van der Waals surface area contributed by atoms with Crippen LogP contribution in [0.4, 0.5) is 13.2 Å². The second kappa shape index (κ2) is 9.37. The van der Waals surface area contributed by atoms with E-state index in [2.05, 4.69) is 4.18 Å². The van der Waals surface area contributed by atoms with E-state index in [0.29, 0.717) is 34.3 Å². The third-order valence-corrected chi connectivity index (χ3v) is 9.48. The Morgan fingerprint density at radius 1 is 0.949 bits per heavy atom. The molecule has 2 heterocycles. The molecule has 0 radical (unpaired) electrons. The molecule has 39 heavy (non-hydrogen) atoms. The first-order valence-corrected chi connectivity index (χ1v) is 15.0. The second-order valence-corrected chi connectivity index (χ2v) is 13.2. The average molecular weight is 579 g/mol. The normalized spacial score (nSPS) is 14.6. The summed E-state index contributed by atoms with van der Waals surface area (Å²) in [5.74, 6) is -0.205. The van der Waals surface area contributed by atoms with Crippen LogP contribution in [0.2, 0.25) is 0 Å². The summed E-state index contributed by atoms with van der Waals surface area (Å²) in [4.78, 5) is 4.99. The first kappa shape index (κ1) is 27.2. The van der Waals surface area contributed by atoms with Crippen molar-refractivity contribution in [3.8, 4) is 5.75 Å². The first-order chi connectivity index (χ1) is 18.2. The molecule has 0 atom stereocenters. The summed E-state index contributed by atoms with van der Waals surface area (Å²) >= 11 is 0. The van der Waals surface area contributed by atoms with Gasteiger partial charge in [0.1, 0.15) is 5.75 Å². The predicted molar refractivity (Wildman–Crippen MR) is 140 cm³/mol. The van der Waals surface area contributed by atoms with Gasteiger partial charge in [0.15, 0.2) is 0 Å². The highest BCUT2D eigenvalue weighted by atomic mass is 32.2. The molecular formula is C27H25F3N2O5S2. The summed E-state index contributed by atoms with van der Waals surface area (Å²) in [5.41, 5.74) is -0.211. The van der Waals surface area contributed by atoms with Crippen LogP contribution in [0.5, 0.6) is 5.75 Å². The number of alkyl halides is 3. The maximum atomic E-state index is 13.5. The van der Waals surface area contributed by atoms with Gasteiger partial charge in [-0.2, -0.15) is 21.6 Å². The maximum Gasteiger partial charge on any atom is 0.534 e. The Hall–Kier alpha value is -3.38. The fourth-order valence-electron chi connectivity index (χ4n) is 4.59. The van der Waals surface area contributed by atoms with E-state index < -0.39 is 31.4 Å². The van der Waals surface area contributed by atoms with Gasteiger partial charge in [-0.05, 0) is 92.6 Å². The van der Waals surface area contributed by atoms with E-state index in [9.17, 15) is 30.0 Å². The Morgan fingerprint density at radius 3 is 2.13 bits per heavy atom. The van der Waals surface area contributed by atoms with Crippen molar-refractivity contribution in [3.63, 3.8) is 0 Å². The summed E-state index contributed by atoms with van der Waals surface area (Å²) in [6.07, 6.45) is 3.84. The number of nitrogens with zero attached hydrogens (tertiary/aromatic N) is 2. The molecule has 206 valence electrons. The topological polar surface area (TPSA) is 95.3 Å². The number of hydrogen-bond acceptors (Lipinski definition) is 6. The van der Waals surface area contributed by atoms with E-state index >= 15 is 0 Å². The molecule has 7 nitrogen and oxygen atoms in total. The Labute approximate surface area is 224 Å². The number of pyridine rings is 1. The van der Waals surface area contributed by atoms with E-state index in [1.165, 1.54) is 16.1 Å². The van der Waals surface area contributed by atoms with Crippen LogP contribution in [0.15, 0.2) is 59.6 Å². The van der Waals surface area contributed by atoms with Crippen molar-refractivity contribution in [1.82, 2.24) is 8.96 Å². The summed E-state index contributed by atoms with van der Waals surface area (Å²) in [5, 5.41) is 0. The minimum Gasteiger partial charge on any atom is -0.376 e. The monoisotopic (exact) mass is 578 g/mol. The molecule has 0 amide bonds. The SMILES string of the molecule is Cc1ccc(S(=O)(=O)n2cc(C3CC3)c3nc(Cc4c(C)cc(OS(=O)(=O)C(F)(F)F)cc4C)ccc32)cc1. The summed E-state index contributed by atoms with van der Waals surface area (Å²) in [6, 6.07) is 12.6. The van der Waals surface area contributed by atoms with Crippen molar-refractivity contribution in [3.05, 3.63) is 88.2 Å². The lowest BCUT2D eigenvalue weighted by Gasteiger charge is -2.14. The van der Waals surface area contributed by atoms with Gasteiger partial charge < -0.3 is 4.18 Å². The second-order valence-electron chi connectivity index (χ2n) is 9.84. The van der Waals surface area contributed by atoms with Crippen molar-refractivity contribution < 1.29 is 34.2 Å². The summed E-state index contributed by atoms with van der Waals surface area (Å²) in [7, 11) is -9.63. The number of benzene rings is 2. The average Bonchev–Trinajstić information content (AvgIpc) is 3.60. The van der Waals surface area contributed by atoms with E-state index in [4.69, 9.17) is 4.98 Å². The van der Waals surface area contributed by atoms with Gasteiger partial charge in [-0.1, -0.05) is 17.7 Å². The molecule has 0 N–H and O–H groups in total. The Bertz CT molecular complexity index is 1780. The van der Waals surface area contributed by atoms with Gasteiger partial charge in [-0.3, -0.25) is 4.98 Å². The van der Waals surface area contributed by atoms with Gasteiger partial charge in [0, 0.05) is 23.9 Å². The van der Waals surface area contributed by atoms with E-state index in [-0.39, 0.29) is 10.8 Å². The molecule has 2 aromatic carbocycles. The van der Waals surface area contributed by atoms with E-state index in [1.807, 2.05) is 6.92 Å². The third kappa shape index (κ3) is 5.14. The fraction of sp³-hybridized carbons (Fsp3) is 0.296. The highest BCUT2D eigenvalue weighted by molar-refractivity contribution is 7.90. The molecule has 1 saturated carbocycles. The lowest BCUT2D eigenvalue weighted by atomic mass is 9.97. The minimum atomic E-state index is -5.78. The molecule has 1 fully saturated rings. The van der Waals surface area contributed by atoms with Gasteiger partial charge in [-0.25, -0.2) is 12.4 Å². The minimum absolute atomic E-state index is 0.178. The van der Waals surface area contributed by atoms with Gasteiger partial charge in [0.25, 0.3) is 10.0 Å². The number of hydrogen-bond donors (Lipinski definition) is 0. The summed E-state index contributed by atoms with van der Waals surface area (Å²) < 4.78 is 93.6. The molecule has 0 spiro atoms. The van der Waals surface area contributed by atoms with Crippen molar-refractivity contribution in [2.45, 2.75) is 56.4 Å². The Morgan fingerprint density at radius 2 is 1.56 bits per heavy atom. The lowest BCUT2D eigenvalue weighted by molar-refractivity contribution is -0.0500. The molecule has 0 saturated heterocycles. The highest BCUT2D eigenvalue weighted by Gasteiger charge is 2.48. The predicted octanol–water partition coefficient (Wildman–Crippen LogP) is 5.90. The van der Waals surface area contributed by atoms with Crippen LogP contribution in [-0.2, 0) is 26.6 Å². The molecule has 2 aromatic heterocycles. The van der Waals surface area contributed by atoms with Crippen LogP contribution in [-0.4, -0.2) is 31.3 Å². The van der Waals surface area contributed by atoms with Crippen LogP contribution in [0.3, 0.4) is 0 Å². The Kier molecular flexibility index (Phi) is 6.53. The highest BCUT2D eigenvalue weighted by Crippen LogP contribution is 2.44. The summed E-state index contributed by atoms with van der Waals surface area (Å²) in [6.45, 7) is 5.18. The van der Waals surface area contributed by atoms with Gasteiger partial charge in [0.05, 0.1) is 15.9 Å². The van der Waals surface area contributed by atoms with Crippen molar-refractivity contribution in [1.29, 1.82) is 0 Å². The molecule has 12 heteroatoms. The molecule has 5 rings (SSSR count). The zero-order valence-corrected chi connectivity index (χ0v) is 22.9. The van der Waals surface area contributed by atoms with Gasteiger partial charge in [0.2, 0.25) is 0 Å². The molecule has 1 aliphatic rings. The van der Waals surface area contributed by atoms with Crippen molar-refractivity contribution in [2.75, 3.05) is 0 Å². The Balaban J connectivity index is 1.51. The lowest BCUT2D eigenvalue weighted by Crippen LogP contribution is -2.28. The van der Waals surface area contributed by atoms with E-state index in [1.54, 1.807) is 56.4 Å². The van der Waals surface area contributed by atoms with Crippen LogP contribution >= 0.6 is 0 Å². The number of fused-ring (bicyclic) bond motifs is 1. The molecule has 4 aromatic rings. The standard InChI is InChI=1S/C27H25F3N2O5S2/c1-16-4-9-22(10-5-16)38(33,34)32-15-24(19-6-7-19)26-25(32)11-8-20(31-26)14-23-17(2)12-21(13-18(23)3)37-39(35,36)27(28,29)30/h4-5,8-13,15,19H,6-7,14H2,1-3H3. The largest absolute Gasteiger partial charge is 0.534 e. The first-order valence-electron chi connectivity index (χ1n) is 12.1. The zero-order valence-electron chi connectivity index (χ0n) is 21.3. The van der Waals surface area contributed by atoms with Crippen LogP contribution < -0.4 is 4.18 Å². The van der Waals surface area contributed by atoms with Gasteiger partial charge >= 0.3 is 15.6 Å².